The van der Waals surface area contributed by atoms with Crippen molar-refractivity contribution >= 4 is 39.8 Å². The number of amides is 3. The summed E-state index contributed by atoms with van der Waals surface area (Å²) in [6.45, 7) is 3.82. The number of nitrogens with zero attached hydrogens (tertiary/aromatic N) is 3. The van der Waals surface area contributed by atoms with Crippen molar-refractivity contribution in [1.29, 1.82) is 0 Å². The van der Waals surface area contributed by atoms with Gasteiger partial charge in [0.1, 0.15) is 42.5 Å². The maximum Gasteiger partial charge on any atom is 0.417 e. The summed E-state index contributed by atoms with van der Waals surface area (Å²) in [5.74, 6) is -1.92. The van der Waals surface area contributed by atoms with Crippen molar-refractivity contribution in [2.24, 2.45) is 4.99 Å². The Balaban J connectivity index is 1.64. The second-order valence-corrected chi connectivity index (χ2v) is 11.4. The highest BCUT2D eigenvalue weighted by atomic mass is 32.2. The number of hydrogen-bond acceptors (Lipinski definition) is 9. The van der Waals surface area contributed by atoms with Gasteiger partial charge in [-0.05, 0) is 56.2 Å². The lowest BCUT2D eigenvalue weighted by atomic mass is 10.1. The van der Waals surface area contributed by atoms with E-state index in [4.69, 9.17) is 14.2 Å². The van der Waals surface area contributed by atoms with Gasteiger partial charge >= 0.3 is 16.3 Å². The molecule has 2 fully saturated rings. The van der Waals surface area contributed by atoms with Gasteiger partial charge in [0.15, 0.2) is 5.82 Å². The third-order valence-corrected chi connectivity index (χ3v) is 6.92. The average molecular weight is 578 g/mol. The minimum absolute atomic E-state index is 0.0633. The van der Waals surface area contributed by atoms with E-state index in [9.17, 15) is 22.8 Å². The first-order valence-corrected chi connectivity index (χ1v) is 13.5. The molecular formula is C25H28FN5O8S. The highest BCUT2D eigenvalue weighted by Gasteiger charge is 2.38. The molecule has 0 aromatic heterocycles. The van der Waals surface area contributed by atoms with E-state index >= 15 is 4.39 Å². The molecule has 2 aliphatic heterocycles. The monoisotopic (exact) mass is 577 g/mol. The number of aliphatic imine (C=N–C) groups is 1. The van der Waals surface area contributed by atoms with Gasteiger partial charge in [-0.3, -0.25) is 14.9 Å². The first kappa shape index (κ1) is 28.6. The summed E-state index contributed by atoms with van der Waals surface area (Å²) in [5, 5.41) is 2.47. The maximum absolute atomic E-state index is 15.5. The van der Waals surface area contributed by atoms with Crippen molar-refractivity contribution in [2.45, 2.75) is 39.5 Å². The van der Waals surface area contributed by atoms with Crippen LogP contribution in [-0.4, -0.2) is 63.0 Å². The largest absolute Gasteiger partial charge is 0.497 e. The molecule has 15 heteroatoms. The minimum atomic E-state index is -4.34. The summed E-state index contributed by atoms with van der Waals surface area (Å²) in [4.78, 5) is 41.6. The number of benzene rings is 2. The van der Waals surface area contributed by atoms with Crippen molar-refractivity contribution in [1.82, 2.24) is 14.9 Å². The summed E-state index contributed by atoms with van der Waals surface area (Å²) in [5.41, 5.74) is -0.347. The van der Waals surface area contributed by atoms with Gasteiger partial charge in [-0.1, -0.05) is 12.1 Å². The molecule has 2 aromatic rings. The van der Waals surface area contributed by atoms with Crippen LogP contribution in [0, 0.1) is 5.82 Å². The van der Waals surface area contributed by atoms with Crippen LogP contribution in [0.15, 0.2) is 41.4 Å². The van der Waals surface area contributed by atoms with E-state index in [2.05, 4.69) is 10.3 Å². The van der Waals surface area contributed by atoms with Crippen LogP contribution in [0.1, 0.15) is 31.9 Å². The van der Waals surface area contributed by atoms with Crippen molar-refractivity contribution in [2.75, 3.05) is 24.5 Å². The molecule has 2 saturated heterocycles. The topological polar surface area (TPSA) is 156 Å². The van der Waals surface area contributed by atoms with Gasteiger partial charge in [-0.25, -0.2) is 28.1 Å². The number of hydrogen-bond donors (Lipinski definition) is 2. The third-order valence-electron chi connectivity index (χ3n) is 5.55. The molecule has 40 heavy (non-hydrogen) atoms. The molecule has 0 aliphatic carbocycles. The molecule has 2 N–H and O–H groups in total. The summed E-state index contributed by atoms with van der Waals surface area (Å²) in [6.07, 6.45) is -0.786. The normalized spacial score (nSPS) is 17.6. The molecule has 0 atom stereocenters. The molecule has 4 rings (SSSR count). The predicted molar refractivity (Wildman–Crippen MR) is 140 cm³/mol. The van der Waals surface area contributed by atoms with Crippen LogP contribution in [0.5, 0.6) is 11.5 Å². The molecule has 0 unspecified atom stereocenters. The quantitative estimate of drug-likeness (QED) is 0.505. The van der Waals surface area contributed by atoms with Crippen LogP contribution in [-0.2, 0) is 37.7 Å². The fraction of sp³-hybridized carbons (Fsp3) is 0.360. The Kier molecular flexibility index (Phi) is 7.86. The lowest BCUT2D eigenvalue weighted by Crippen LogP contribution is -2.39. The molecular weight excluding hydrogens is 549 g/mol. The number of rotatable bonds is 7. The Morgan fingerprint density at radius 3 is 2.38 bits per heavy atom. The van der Waals surface area contributed by atoms with Crippen LogP contribution in [0.4, 0.5) is 14.9 Å². The van der Waals surface area contributed by atoms with Gasteiger partial charge in [-0.15, -0.1) is 0 Å². The summed E-state index contributed by atoms with van der Waals surface area (Å²) in [6, 6.07) is 9.25. The smallest absolute Gasteiger partial charge is 0.417 e. The number of guanidine groups is 1. The van der Waals surface area contributed by atoms with Crippen LogP contribution in [0.3, 0.4) is 0 Å². The van der Waals surface area contributed by atoms with E-state index in [0.717, 1.165) is 11.0 Å². The second kappa shape index (κ2) is 11.0. The molecule has 0 saturated carbocycles. The first-order chi connectivity index (χ1) is 18.8. The third kappa shape index (κ3) is 6.59. The van der Waals surface area contributed by atoms with Crippen LogP contribution in [0.25, 0.3) is 0 Å². The second-order valence-electron chi connectivity index (χ2n) is 9.85. The van der Waals surface area contributed by atoms with Gasteiger partial charge < -0.3 is 14.2 Å². The van der Waals surface area contributed by atoms with Crippen molar-refractivity contribution in [3.8, 4) is 11.5 Å². The Bertz CT molecular complexity index is 1470. The Morgan fingerprint density at radius 1 is 1.07 bits per heavy atom. The molecule has 214 valence electrons. The molecule has 2 heterocycles. The van der Waals surface area contributed by atoms with Gasteiger partial charge in [0.05, 0.1) is 13.7 Å². The summed E-state index contributed by atoms with van der Waals surface area (Å²) >= 11 is 0. The zero-order valence-electron chi connectivity index (χ0n) is 22.2. The van der Waals surface area contributed by atoms with Crippen LogP contribution < -0.4 is 23.8 Å². The van der Waals surface area contributed by atoms with Crippen LogP contribution >= 0.6 is 0 Å². The molecule has 0 radical (unpaired) electrons. The summed E-state index contributed by atoms with van der Waals surface area (Å²) < 4.78 is 59.1. The number of nitrogens with one attached hydrogen (secondary N) is 2. The van der Waals surface area contributed by atoms with E-state index in [-0.39, 0.29) is 37.0 Å². The summed E-state index contributed by atoms with van der Waals surface area (Å²) in [7, 11) is -2.82. The number of methoxy groups -OCH3 is 1. The average Bonchev–Trinajstić information content (AvgIpc) is 3.37. The highest BCUT2D eigenvalue weighted by molar-refractivity contribution is 7.92. The highest BCUT2D eigenvalue weighted by Crippen LogP contribution is 2.36. The molecule has 2 aromatic carbocycles. The van der Waals surface area contributed by atoms with Crippen molar-refractivity contribution < 1.29 is 41.4 Å². The predicted octanol–water partition coefficient (Wildman–Crippen LogP) is 1.82. The fourth-order valence-corrected chi connectivity index (χ4v) is 4.98. The molecule has 13 nitrogen and oxygen atoms in total. The van der Waals surface area contributed by atoms with E-state index in [1.165, 1.54) is 13.2 Å². The number of anilines is 1. The van der Waals surface area contributed by atoms with Gasteiger partial charge in [0.2, 0.25) is 11.9 Å². The van der Waals surface area contributed by atoms with Gasteiger partial charge in [0.25, 0.3) is 5.91 Å². The standard InChI is InChI=1S/C25H28FN5O8S/c1-25(2,3)39-24(34)30-12-20(32)28-23(30)27-11-16-9-18(26)22(31-13-21(33)29-40(31,35)36)19(10-16)38-14-15-5-7-17(37-4)8-6-15/h5-10H,11-14H2,1-4H3,(H,29,33)(H,27,28,32). The maximum atomic E-state index is 15.5. The van der Waals surface area contributed by atoms with Crippen molar-refractivity contribution in [3.63, 3.8) is 0 Å². The lowest BCUT2D eigenvalue weighted by Gasteiger charge is -2.23. The number of ether oxygens (including phenoxy) is 3. The molecule has 2 aliphatic rings. The van der Waals surface area contributed by atoms with E-state index in [1.54, 1.807) is 49.8 Å². The Labute approximate surface area is 230 Å². The minimum Gasteiger partial charge on any atom is -0.497 e. The van der Waals surface area contributed by atoms with E-state index in [1.807, 2.05) is 0 Å². The lowest BCUT2D eigenvalue weighted by molar-refractivity contribution is -0.118. The first-order valence-electron chi connectivity index (χ1n) is 12.0. The van der Waals surface area contributed by atoms with Crippen LogP contribution in [0.2, 0.25) is 0 Å². The van der Waals surface area contributed by atoms with Crippen molar-refractivity contribution in [3.05, 3.63) is 53.3 Å². The molecule has 0 spiro atoms. The zero-order valence-corrected chi connectivity index (χ0v) is 23.0. The molecule has 3 amide bonds. The van der Waals surface area contributed by atoms with Gasteiger partial charge in [0, 0.05) is 0 Å². The van der Waals surface area contributed by atoms with Gasteiger partial charge in [-0.2, -0.15) is 8.42 Å². The van der Waals surface area contributed by atoms with E-state index < -0.39 is 51.8 Å². The fourth-order valence-electron chi connectivity index (χ4n) is 3.81. The Hall–Kier alpha value is -4.40. The SMILES string of the molecule is COc1ccc(COc2cc(CN=C3NC(=O)CN3C(=O)OC(C)(C)C)cc(F)c2N2CC(=O)NS2(=O)=O)cc1. The number of halogens is 1. The number of carbonyl (C=O) groups excluding carboxylic acids is 3. The molecule has 0 bridgehead atoms. The number of carbonyl (C=O) groups is 3. The zero-order chi connectivity index (χ0) is 29.2. The Morgan fingerprint density at radius 2 is 1.77 bits per heavy atom. The van der Waals surface area contributed by atoms with E-state index in [0.29, 0.717) is 15.6 Å².